The van der Waals surface area contributed by atoms with E-state index in [-0.39, 0.29) is 17.1 Å². The summed E-state index contributed by atoms with van der Waals surface area (Å²) in [5.41, 5.74) is 1.43. The Labute approximate surface area is 216 Å². The van der Waals surface area contributed by atoms with E-state index in [1.165, 1.54) is 23.0 Å². The summed E-state index contributed by atoms with van der Waals surface area (Å²) < 4.78 is 16.2. The van der Waals surface area contributed by atoms with Crippen LogP contribution in [0.15, 0.2) is 42.0 Å². The van der Waals surface area contributed by atoms with E-state index < -0.39 is 23.5 Å². The van der Waals surface area contributed by atoms with E-state index in [2.05, 4.69) is 0 Å². The fourth-order valence-electron chi connectivity index (χ4n) is 4.99. The van der Waals surface area contributed by atoms with Crippen molar-refractivity contribution in [1.82, 2.24) is 4.90 Å². The summed E-state index contributed by atoms with van der Waals surface area (Å²) in [4.78, 5) is 29.4. The number of ether oxygens (including phenoxy) is 3. The highest BCUT2D eigenvalue weighted by Gasteiger charge is 2.44. The topological polar surface area (TPSA) is 113 Å². The third-order valence-electron chi connectivity index (χ3n) is 6.94. The van der Waals surface area contributed by atoms with Gasteiger partial charge in [0.25, 0.3) is 5.91 Å². The van der Waals surface area contributed by atoms with Crippen LogP contribution >= 0.6 is 0 Å². The van der Waals surface area contributed by atoms with Crippen LogP contribution < -0.4 is 19.5 Å². The van der Waals surface area contributed by atoms with Gasteiger partial charge in [-0.15, -0.1) is 0 Å². The minimum absolute atomic E-state index is 0.0532. The molecule has 2 heterocycles. The zero-order valence-electron chi connectivity index (χ0n) is 21.5. The monoisotopic (exact) mass is 510 g/mol. The highest BCUT2D eigenvalue weighted by Crippen LogP contribution is 2.41. The molecule has 0 radical (unpaired) electrons. The first-order valence-corrected chi connectivity index (χ1v) is 12.6. The number of aromatic hydroxyl groups is 1. The maximum atomic E-state index is 13.8. The summed E-state index contributed by atoms with van der Waals surface area (Å²) in [6.07, 6.45) is 0.671. The lowest BCUT2D eigenvalue weighted by Crippen LogP contribution is -3.14. The van der Waals surface area contributed by atoms with Gasteiger partial charge in [-0.05, 0) is 54.8 Å². The molecule has 0 aromatic heterocycles. The second-order valence-corrected chi connectivity index (χ2v) is 9.28. The predicted molar refractivity (Wildman–Crippen MR) is 134 cm³/mol. The van der Waals surface area contributed by atoms with Gasteiger partial charge in [0.15, 0.2) is 11.5 Å². The maximum absolute atomic E-state index is 13.8. The minimum atomic E-state index is -0.881. The molecule has 2 aromatic carbocycles. The molecule has 2 aromatic rings. The highest BCUT2D eigenvalue weighted by atomic mass is 16.5. The van der Waals surface area contributed by atoms with Crippen molar-refractivity contribution in [3.8, 4) is 17.2 Å². The Bertz CT molecular complexity index is 1190. The van der Waals surface area contributed by atoms with Crippen LogP contribution in [0.1, 0.15) is 36.1 Å². The number of carbonyl (C=O) groups excluding carboxylic acids is 2. The van der Waals surface area contributed by atoms with Crippen LogP contribution in [0.5, 0.6) is 17.2 Å². The molecule has 2 aliphatic rings. The molecule has 2 N–H and O–H groups in total. The van der Waals surface area contributed by atoms with E-state index in [0.29, 0.717) is 55.2 Å². The van der Waals surface area contributed by atoms with Gasteiger partial charge in [-0.1, -0.05) is 17.9 Å². The molecule has 9 nitrogen and oxygen atoms in total. The van der Waals surface area contributed by atoms with Gasteiger partial charge in [0.1, 0.15) is 18.8 Å². The number of aryl methyl sites for hydroxylation is 1. The Morgan fingerprint density at radius 3 is 2.62 bits per heavy atom. The van der Waals surface area contributed by atoms with Crippen LogP contribution in [-0.2, 0) is 14.3 Å². The van der Waals surface area contributed by atoms with Gasteiger partial charge >= 0.3 is 0 Å². The van der Waals surface area contributed by atoms with Crippen LogP contribution in [-0.4, -0.2) is 74.8 Å². The van der Waals surface area contributed by atoms with Gasteiger partial charge in [0, 0.05) is 18.5 Å². The molecule has 2 fully saturated rings. The van der Waals surface area contributed by atoms with Crippen molar-refractivity contribution in [2.45, 2.75) is 26.3 Å². The second kappa shape index (κ2) is 11.7. The fraction of sp³-hybridized carbons (Fsp3) is 0.429. The maximum Gasteiger partial charge on any atom is 0.295 e. The molecule has 1 unspecified atom stereocenters. The van der Waals surface area contributed by atoms with Crippen LogP contribution in [0.3, 0.4) is 0 Å². The largest absolute Gasteiger partial charge is 0.872 e. The Kier molecular flexibility index (Phi) is 8.35. The molecule has 2 saturated heterocycles. The second-order valence-electron chi connectivity index (χ2n) is 9.28. The lowest BCUT2D eigenvalue weighted by molar-refractivity contribution is -0.908. The van der Waals surface area contributed by atoms with Crippen LogP contribution in [0.2, 0.25) is 0 Å². The Balaban J connectivity index is 1.74. The van der Waals surface area contributed by atoms with E-state index in [1.54, 1.807) is 44.2 Å². The van der Waals surface area contributed by atoms with E-state index >= 15 is 0 Å². The number of Topliss-reactive ketones (excluding diaryl/α,β-unsaturated/α-hetero) is 1. The number of rotatable bonds is 9. The molecule has 37 heavy (non-hydrogen) atoms. The predicted octanol–water partition coefficient (Wildman–Crippen LogP) is 0.637. The average molecular weight is 511 g/mol. The first-order chi connectivity index (χ1) is 17.8. The zero-order valence-corrected chi connectivity index (χ0v) is 21.5. The summed E-state index contributed by atoms with van der Waals surface area (Å²) in [5, 5.41) is 24.0. The van der Waals surface area contributed by atoms with Crippen molar-refractivity contribution >= 4 is 17.4 Å². The Morgan fingerprint density at radius 1 is 1.19 bits per heavy atom. The number of methoxy groups -OCH3 is 1. The standard InChI is InChI=1S/C28H34N2O7/c1-4-37-23-17-19(6-9-22(23)31)25-24(26(32)21-8-7-20(35-3)16-18(21)2)27(33)28(34)30(25)11-5-10-29-12-14-36-15-13-29/h6-9,16-17,25,31-32H,4-5,10-15H2,1-3H3. The van der Waals surface area contributed by atoms with Crippen molar-refractivity contribution < 1.29 is 38.9 Å². The Hall–Kier alpha value is -3.56. The molecule has 2 aliphatic heterocycles. The van der Waals surface area contributed by atoms with Gasteiger partial charge in [-0.2, -0.15) is 0 Å². The van der Waals surface area contributed by atoms with Gasteiger partial charge in [0.05, 0.1) is 39.5 Å². The van der Waals surface area contributed by atoms with E-state index in [1.807, 2.05) is 0 Å². The molecule has 198 valence electrons. The highest BCUT2D eigenvalue weighted by molar-refractivity contribution is 6.46. The number of benzene rings is 2. The summed E-state index contributed by atoms with van der Waals surface area (Å²) in [7, 11) is 1.54. The summed E-state index contributed by atoms with van der Waals surface area (Å²) >= 11 is 0. The summed E-state index contributed by atoms with van der Waals surface area (Å²) in [5.74, 6) is -1.20. The number of quaternary nitrogens is 1. The molecule has 9 heteroatoms. The number of hydrogen-bond acceptors (Lipinski definition) is 7. The molecular weight excluding hydrogens is 476 g/mol. The van der Waals surface area contributed by atoms with Crippen molar-refractivity contribution in [2.75, 3.05) is 53.1 Å². The quantitative estimate of drug-likeness (QED) is 0.289. The number of hydrogen-bond donors (Lipinski definition) is 2. The normalized spacial score (nSPS) is 19.9. The van der Waals surface area contributed by atoms with E-state index in [0.717, 1.165) is 19.6 Å². The fourth-order valence-corrected chi connectivity index (χ4v) is 4.99. The van der Waals surface area contributed by atoms with Crippen molar-refractivity contribution in [2.24, 2.45) is 0 Å². The minimum Gasteiger partial charge on any atom is -0.872 e. The molecule has 1 atom stereocenters. The smallest absolute Gasteiger partial charge is 0.295 e. The SMILES string of the molecule is CCOc1cc(C2C(=C([O-])c3ccc(OC)cc3C)C(=O)C(=O)N2CCC[NH+]2CCOCC2)ccc1O. The number of carbonyl (C=O) groups is 2. The summed E-state index contributed by atoms with van der Waals surface area (Å²) in [6, 6.07) is 8.81. The third kappa shape index (κ3) is 5.57. The van der Waals surface area contributed by atoms with Gasteiger partial charge in [0.2, 0.25) is 5.78 Å². The number of phenols is 1. The lowest BCUT2D eigenvalue weighted by Gasteiger charge is -2.29. The lowest BCUT2D eigenvalue weighted by atomic mass is 9.93. The number of phenolic OH excluding ortho intramolecular Hbond substituents is 1. The summed E-state index contributed by atoms with van der Waals surface area (Å²) in [6.45, 7) is 8.26. The zero-order chi connectivity index (χ0) is 26.5. The first kappa shape index (κ1) is 26.5. The van der Waals surface area contributed by atoms with Crippen molar-refractivity contribution in [3.63, 3.8) is 0 Å². The van der Waals surface area contributed by atoms with E-state index in [4.69, 9.17) is 14.2 Å². The van der Waals surface area contributed by atoms with Gasteiger partial charge < -0.3 is 34.2 Å². The first-order valence-electron chi connectivity index (χ1n) is 12.6. The number of morpholine rings is 1. The molecule has 4 rings (SSSR count). The number of nitrogens with zero attached hydrogens (tertiary/aromatic N) is 1. The van der Waals surface area contributed by atoms with Gasteiger partial charge in [-0.25, -0.2) is 0 Å². The van der Waals surface area contributed by atoms with Crippen molar-refractivity contribution in [3.05, 3.63) is 58.7 Å². The van der Waals surface area contributed by atoms with Crippen LogP contribution in [0.4, 0.5) is 0 Å². The molecule has 1 amide bonds. The van der Waals surface area contributed by atoms with Crippen molar-refractivity contribution in [1.29, 1.82) is 0 Å². The number of amides is 1. The molecular formula is C28H34N2O7. The Morgan fingerprint density at radius 2 is 1.95 bits per heavy atom. The van der Waals surface area contributed by atoms with Crippen LogP contribution in [0, 0.1) is 6.92 Å². The number of nitrogens with one attached hydrogen (secondary N) is 1. The molecule has 0 bridgehead atoms. The number of likely N-dealkylation sites (tertiary alicyclic amines) is 1. The third-order valence-corrected chi connectivity index (χ3v) is 6.94. The van der Waals surface area contributed by atoms with Crippen LogP contribution in [0.25, 0.3) is 5.76 Å². The van der Waals surface area contributed by atoms with E-state index in [9.17, 15) is 19.8 Å². The molecule has 0 aliphatic carbocycles. The molecule has 0 saturated carbocycles. The average Bonchev–Trinajstić information content (AvgIpc) is 3.15. The molecule has 0 spiro atoms. The number of ketones is 1. The van der Waals surface area contributed by atoms with Gasteiger partial charge in [-0.3, -0.25) is 9.59 Å².